The van der Waals surface area contributed by atoms with Gasteiger partial charge in [-0.2, -0.15) is 0 Å². The van der Waals surface area contributed by atoms with E-state index in [1.807, 2.05) is 24.3 Å². The summed E-state index contributed by atoms with van der Waals surface area (Å²) in [5, 5.41) is 18.6. The molecular formula is C17H26N2O5S. The highest BCUT2D eigenvalue weighted by Crippen LogP contribution is 2.39. The highest BCUT2D eigenvalue weighted by molar-refractivity contribution is 7.89. The lowest BCUT2D eigenvalue weighted by Gasteiger charge is -2.40. The molecule has 1 aromatic carbocycles. The summed E-state index contributed by atoms with van der Waals surface area (Å²) in [5.74, 6) is -0.670. The standard InChI is InChI=1S/C17H26N2O5S/c1-17(2,3)19(16(21)22)15-10-12-6-4-5-7-13(12)14(15)11-25(23,24)18-8-9-20/h4-7,14-15,18,20H,8-11H2,1-3H3,(H,21,22)/t14-,15-/m1/s1. The molecule has 7 nitrogen and oxygen atoms in total. The van der Waals surface area contributed by atoms with E-state index in [0.717, 1.165) is 11.1 Å². The third kappa shape index (κ3) is 4.50. The summed E-state index contributed by atoms with van der Waals surface area (Å²) in [6.07, 6.45) is -0.573. The minimum atomic E-state index is -3.64. The van der Waals surface area contributed by atoms with E-state index in [1.54, 1.807) is 20.8 Å². The van der Waals surface area contributed by atoms with Crippen molar-refractivity contribution in [3.05, 3.63) is 35.4 Å². The maximum absolute atomic E-state index is 12.4. The number of nitrogens with zero attached hydrogens (tertiary/aromatic N) is 1. The second-order valence-corrected chi connectivity index (χ2v) is 9.15. The van der Waals surface area contributed by atoms with Crippen molar-refractivity contribution in [1.29, 1.82) is 0 Å². The van der Waals surface area contributed by atoms with Crippen LogP contribution < -0.4 is 4.72 Å². The van der Waals surface area contributed by atoms with Gasteiger partial charge in [-0.15, -0.1) is 0 Å². The molecule has 0 aliphatic heterocycles. The first-order chi connectivity index (χ1) is 11.6. The summed E-state index contributed by atoms with van der Waals surface area (Å²) in [6, 6.07) is 7.03. The maximum atomic E-state index is 12.4. The first-order valence-corrected chi connectivity index (χ1v) is 9.90. The number of carbonyl (C=O) groups is 1. The minimum absolute atomic E-state index is 0.0523. The second kappa shape index (κ2) is 7.31. The molecule has 0 saturated carbocycles. The largest absolute Gasteiger partial charge is 0.465 e. The number of fused-ring (bicyclic) bond motifs is 1. The normalized spacial score (nSPS) is 20.3. The molecule has 0 heterocycles. The van der Waals surface area contributed by atoms with Gasteiger partial charge in [0.25, 0.3) is 0 Å². The summed E-state index contributed by atoms with van der Waals surface area (Å²) in [6.45, 7) is 5.08. The summed E-state index contributed by atoms with van der Waals surface area (Å²) in [7, 11) is -3.64. The molecule has 0 radical (unpaired) electrons. The number of sulfonamides is 1. The molecule has 0 aromatic heterocycles. The van der Waals surface area contributed by atoms with Gasteiger partial charge in [-0.1, -0.05) is 24.3 Å². The summed E-state index contributed by atoms with van der Waals surface area (Å²) >= 11 is 0. The first kappa shape index (κ1) is 19.7. The summed E-state index contributed by atoms with van der Waals surface area (Å²) < 4.78 is 27.1. The molecule has 1 aliphatic carbocycles. The maximum Gasteiger partial charge on any atom is 0.408 e. The number of aliphatic hydroxyl groups is 1. The summed E-state index contributed by atoms with van der Waals surface area (Å²) in [5.41, 5.74) is 1.20. The van der Waals surface area contributed by atoms with E-state index in [9.17, 15) is 18.3 Å². The van der Waals surface area contributed by atoms with Crippen molar-refractivity contribution in [3.8, 4) is 0 Å². The molecule has 2 atom stereocenters. The molecule has 1 aromatic rings. The number of hydrogen-bond donors (Lipinski definition) is 3. The van der Waals surface area contributed by atoms with E-state index in [1.165, 1.54) is 4.90 Å². The lowest BCUT2D eigenvalue weighted by atomic mass is 9.95. The molecule has 0 unspecified atom stereocenters. The van der Waals surface area contributed by atoms with Crippen LogP contribution in [0.15, 0.2) is 24.3 Å². The van der Waals surface area contributed by atoms with Gasteiger partial charge in [0.15, 0.2) is 0 Å². The topological polar surface area (TPSA) is 107 Å². The zero-order chi connectivity index (χ0) is 18.8. The predicted octanol–water partition coefficient (Wildman–Crippen LogP) is 1.39. The molecule has 3 N–H and O–H groups in total. The van der Waals surface area contributed by atoms with Gasteiger partial charge in [-0.05, 0) is 38.3 Å². The lowest BCUT2D eigenvalue weighted by molar-refractivity contribution is 0.0665. The number of hydrogen-bond acceptors (Lipinski definition) is 4. The number of nitrogens with one attached hydrogen (secondary N) is 1. The average molecular weight is 370 g/mol. The van der Waals surface area contributed by atoms with Gasteiger partial charge in [0.05, 0.1) is 12.4 Å². The van der Waals surface area contributed by atoms with Crippen molar-refractivity contribution >= 4 is 16.1 Å². The summed E-state index contributed by atoms with van der Waals surface area (Å²) in [4.78, 5) is 13.3. The number of amides is 1. The van der Waals surface area contributed by atoms with Crippen molar-refractivity contribution in [2.24, 2.45) is 0 Å². The fourth-order valence-electron chi connectivity index (χ4n) is 3.55. The van der Waals surface area contributed by atoms with Crippen LogP contribution in [-0.4, -0.2) is 60.1 Å². The van der Waals surface area contributed by atoms with Gasteiger partial charge in [0, 0.05) is 24.0 Å². The van der Waals surface area contributed by atoms with E-state index in [-0.39, 0.29) is 18.9 Å². The molecule has 25 heavy (non-hydrogen) atoms. The van der Waals surface area contributed by atoms with Crippen LogP contribution in [0.1, 0.15) is 37.8 Å². The van der Waals surface area contributed by atoms with Crippen LogP contribution in [0.2, 0.25) is 0 Å². The van der Waals surface area contributed by atoms with Crippen molar-refractivity contribution in [2.75, 3.05) is 18.9 Å². The zero-order valence-corrected chi connectivity index (χ0v) is 15.6. The molecule has 2 rings (SSSR count). The van der Waals surface area contributed by atoms with E-state index in [0.29, 0.717) is 6.42 Å². The highest BCUT2D eigenvalue weighted by Gasteiger charge is 2.44. The fraction of sp³-hybridized carbons (Fsp3) is 0.588. The molecule has 0 spiro atoms. The van der Waals surface area contributed by atoms with Crippen LogP contribution in [0, 0.1) is 0 Å². The molecule has 0 saturated heterocycles. The quantitative estimate of drug-likeness (QED) is 0.701. The average Bonchev–Trinajstić information content (AvgIpc) is 2.81. The fourth-order valence-corrected chi connectivity index (χ4v) is 4.95. The Morgan fingerprint density at radius 3 is 2.52 bits per heavy atom. The van der Waals surface area contributed by atoms with Crippen molar-refractivity contribution in [3.63, 3.8) is 0 Å². The van der Waals surface area contributed by atoms with Gasteiger partial charge < -0.3 is 10.2 Å². The van der Waals surface area contributed by atoms with Gasteiger partial charge in [-0.3, -0.25) is 4.90 Å². The van der Waals surface area contributed by atoms with Gasteiger partial charge in [0.1, 0.15) is 0 Å². The lowest BCUT2D eigenvalue weighted by Crippen LogP contribution is -2.53. The Labute approximate surface area is 148 Å². The van der Waals surface area contributed by atoms with Crippen LogP contribution >= 0.6 is 0 Å². The number of aliphatic hydroxyl groups excluding tert-OH is 1. The number of carboxylic acid groups (broad SMARTS) is 1. The molecule has 8 heteroatoms. The van der Waals surface area contributed by atoms with E-state index >= 15 is 0 Å². The molecule has 0 fully saturated rings. The second-order valence-electron chi connectivity index (χ2n) is 7.30. The molecular weight excluding hydrogens is 344 g/mol. The van der Waals surface area contributed by atoms with Crippen LogP contribution in [0.25, 0.3) is 0 Å². The predicted molar refractivity (Wildman–Crippen MR) is 95.2 cm³/mol. The Hall–Kier alpha value is -1.64. The van der Waals surface area contributed by atoms with Crippen molar-refractivity contribution in [2.45, 2.75) is 44.7 Å². The Balaban J connectivity index is 2.41. The molecule has 0 bridgehead atoms. The Morgan fingerprint density at radius 2 is 1.96 bits per heavy atom. The highest BCUT2D eigenvalue weighted by atomic mass is 32.2. The SMILES string of the molecule is CC(C)(C)N(C(=O)O)[C@@H]1Cc2ccccc2[C@H]1CS(=O)(=O)NCCO. The molecule has 140 valence electrons. The van der Waals surface area contributed by atoms with Crippen LogP contribution in [-0.2, 0) is 16.4 Å². The monoisotopic (exact) mass is 370 g/mol. The molecule has 1 aliphatic rings. The van der Waals surface area contributed by atoms with E-state index in [4.69, 9.17) is 5.11 Å². The van der Waals surface area contributed by atoms with Crippen LogP contribution in [0.5, 0.6) is 0 Å². The van der Waals surface area contributed by atoms with Crippen molar-refractivity contribution < 1.29 is 23.4 Å². The van der Waals surface area contributed by atoms with Gasteiger partial charge >= 0.3 is 6.09 Å². The Bertz CT molecular complexity index is 727. The van der Waals surface area contributed by atoms with E-state index in [2.05, 4.69) is 4.72 Å². The number of benzene rings is 1. The Kier molecular flexibility index (Phi) is 5.75. The minimum Gasteiger partial charge on any atom is -0.465 e. The molecule has 1 amide bonds. The Morgan fingerprint density at radius 1 is 1.32 bits per heavy atom. The van der Waals surface area contributed by atoms with Crippen LogP contribution in [0.3, 0.4) is 0 Å². The van der Waals surface area contributed by atoms with Gasteiger partial charge in [0.2, 0.25) is 10.0 Å². The third-order valence-corrected chi connectivity index (χ3v) is 5.88. The first-order valence-electron chi connectivity index (χ1n) is 8.25. The smallest absolute Gasteiger partial charge is 0.408 e. The number of rotatable bonds is 6. The third-order valence-electron chi connectivity index (χ3n) is 4.44. The van der Waals surface area contributed by atoms with Gasteiger partial charge in [-0.25, -0.2) is 17.9 Å². The van der Waals surface area contributed by atoms with Crippen LogP contribution in [0.4, 0.5) is 4.79 Å². The zero-order valence-electron chi connectivity index (χ0n) is 14.8. The van der Waals surface area contributed by atoms with E-state index < -0.39 is 33.6 Å². The van der Waals surface area contributed by atoms with Crippen molar-refractivity contribution in [1.82, 2.24) is 9.62 Å².